The largest absolute Gasteiger partial charge is 0.492 e. The van der Waals surface area contributed by atoms with Gasteiger partial charge in [0.05, 0.1) is 11.1 Å². The van der Waals surface area contributed by atoms with Gasteiger partial charge in [0.1, 0.15) is 5.75 Å². The zero-order valence-electron chi connectivity index (χ0n) is 7.22. The summed E-state index contributed by atoms with van der Waals surface area (Å²) in [7, 11) is 0. The fourth-order valence-electron chi connectivity index (χ4n) is 1.60. The maximum absolute atomic E-state index is 8.81. The van der Waals surface area contributed by atoms with E-state index in [0.717, 1.165) is 23.2 Å². The fourth-order valence-corrected chi connectivity index (χ4v) is 2.26. The first-order valence-electron chi connectivity index (χ1n) is 4.36. The standard InChI is InChI=1S/C10H11BrO2/c11-9-6-7(1-3-12)5-8-2-4-13-10(8)9/h5-6,12H,1-4H2. The van der Waals surface area contributed by atoms with E-state index < -0.39 is 0 Å². The summed E-state index contributed by atoms with van der Waals surface area (Å²) in [6, 6.07) is 4.13. The van der Waals surface area contributed by atoms with Crippen LogP contribution in [0.1, 0.15) is 11.1 Å². The van der Waals surface area contributed by atoms with Crippen LogP contribution < -0.4 is 4.74 Å². The van der Waals surface area contributed by atoms with Crippen LogP contribution in [0.15, 0.2) is 16.6 Å². The van der Waals surface area contributed by atoms with Crippen molar-refractivity contribution in [2.75, 3.05) is 13.2 Å². The number of hydrogen-bond acceptors (Lipinski definition) is 2. The summed E-state index contributed by atoms with van der Waals surface area (Å²) in [5.41, 5.74) is 2.41. The first-order valence-corrected chi connectivity index (χ1v) is 5.15. The van der Waals surface area contributed by atoms with E-state index in [-0.39, 0.29) is 6.61 Å². The number of hydrogen-bond donors (Lipinski definition) is 1. The van der Waals surface area contributed by atoms with E-state index in [1.807, 2.05) is 6.07 Å². The Morgan fingerprint density at radius 3 is 3.08 bits per heavy atom. The van der Waals surface area contributed by atoms with E-state index in [1.165, 1.54) is 11.1 Å². The van der Waals surface area contributed by atoms with E-state index in [9.17, 15) is 0 Å². The number of halogens is 1. The third-order valence-electron chi connectivity index (χ3n) is 2.20. The molecule has 1 aliphatic rings. The van der Waals surface area contributed by atoms with Gasteiger partial charge in [0.15, 0.2) is 0 Å². The topological polar surface area (TPSA) is 29.5 Å². The zero-order chi connectivity index (χ0) is 9.26. The lowest BCUT2D eigenvalue weighted by molar-refractivity contribution is 0.299. The van der Waals surface area contributed by atoms with Crippen LogP contribution in [0.25, 0.3) is 0 Å². The molecule has 0 spiro atoms. The first-order chi connectivity index (χ1) is 6.31. The quantitative estimate of drug-likeness (QED) is 0.859. The number of ether oxygens (including phenoxy) is 1. The molecule has 0 saturated carbocycles. The van der Waals surface area contributed by atoms with Gasteiger partial charge in [-0.3, -0.25) is 0 Å². The van der Waals surface area contributed by atoms with Crippen molar-refractivity contribution in [3.8, 4) is 5.75 Å². The molecule has 2 nitrogen and oxygen atoms in total. The van der Waals surface area contributed by atoms with E-state index in [4.69, 9.17) is 9.84 Å². The van der Waals surface area contributed by atoms with Gasteiger partial charge in [0.2, 0.25) is 0 Å². The lowest BCUT2D eigenvalue weighted by atomic mass is 10.1. The van der Waals surface area contributed by atoms with Crippen LogP contribution in [0.3, 0.4) is 0 Å². The van der Waals surface area contributed by atoms with E-state index in [2.05, 4.69) is 22.0 Å². The smallest absolute Gasteiger partial charge is 0.136 e. The van der Waals surface area contributed by atoms with Gasteiger partial charge in [-0.05, 0) is 39.5 Å². The van der Waals surface area contributed by atoms with E-state index in [0.29, 0.717) is 6.42 Å². The highest BCUT2D eigenvalue weighted by atomic mass is 79.9. The fraction of sp³-hybridized carbons (Fsp3) is 0.400. The minimum absolute atomic E-state index is 0.200. The van der Waals surface area contributed by atoms with Crippen molar-refractivity contribution in [1.29, 1.82) is 0 Å². The van der Waals surface area contributed by atoms with Gasteiger partial charge in [0, 0.05) is 13.0 Å². The predicted molar refractivity (Wildman–Crippen MR) is 54.1 cm³/mol. The van der Waals surface area contributed by atoms with Gasteiger partial charge >= 0.3 is 0 Å². The van der Waals surface area contributed by atoms with Crippen molar-refractivity contribution in [2.24, 2.45) is 0 Å². The molecule has 0 aromatic heterocycles. The summed E-state index contributed by atoms with van der Waals surface area (Å²) in [6.45, 7) is 0.975. The second kappa shape index (κ2) is 3.68. The molecule has 0 atom stereocenters. The lowest BCUT2D eigenvalue weighted by Gasteiger charge is -2.05. The first kappa shape index (κ1) is 9.03. The molecule has 1 aromatic rings. The van der Waals surface area contributed by atoms with Crippen molar-refractivity contribution in [3.63, 3.8) is 0 Å². The van der Waals surface area contributed by atoms with Crippen molar-refractivity contribution >= 4 is 15.9 Å². The molecule has 0 aliphatic carbocycles. The average Bonchev–Trinajstić information content (AvgIpc) is 2.53. The van der Waals surface area contributed by atoms with Crippen molar-refractivity contribution in [1.82, 2.24) is 0 Å². The molecule has 0 amide bonds. The Hall–Kier alpha value is -0.540. The number of benzene rings is 1. The van der Waals surface area contributed by atoms with Gasteiger partial charge in [-0.15, -0.1) is 0 Å². The van der Waals surface area contributed by atoms with Gasteiger partial charge in [-0.1, -0.05) is 6.07 Å². The van der Waals surface area contributed by atoms with Crippen LogP contribution in [0.5, 0.6) is 5.75 Å². The summed E-state index contributed by atoms with van der Waals surface area (Å²) in [6.07, 6.45) is 1.69. The summed E-state index contributed by atoms with van der Waals surface area (Å²) in [5.74, 6) is 0.974. The number of rotatable bonds is 2. The molecule has 13 heavy (non-hydrogen) atoms. The van der Waals surface area contributed by atoms with E-state index in [1.54, 1.807) is 0 Å². The van der Waals surface area contributed by atoms with Gasteiger partial charge < -0.3 is 9.84 Å². The molecule has 0 fully saturated rings. The van der Waals surface area contributed by atoms with Crippen LogP contribution in [0.2, 0.25) is 0 Å². The minimum atomic E-state index is 0.200. The predicted octanol–water partition coefficient (Wildman–Crippen LogP) is 1.92. The van der Waals surface area contributed by atoms with Gasteiger partial charge in [-0.2, -0.15) is 0 Å². The lowest BCUT2D eigenvalue weighted by Crippen LogP contribution is -1.92. The van der Waals surface area contributed by atoms with Gasteiger partial charge in [-0.25, -0.2) is 0 Å². The maximum Gasteiger partial charge on any atom is 0.136 e. The Kier molecular flexibility index (Phi) is 2.56. The Labute approximate surface area is 85.7 Å². The molecule has 0 radical (unpaired) electrons. The molecular formula is C10H11BrO2. The SMILES string of the molecule is OCCc1cc(Br)c2c(c1)CCO2. The Bertz CT molecular complexity index is 323. The summed E-state index contributed by atoms with van der Waals surface area (Å²) < 4.78 is 6.46. The Morgan fingerprint density at radius 1 is 1.46 bits per heavy atom. The van der Waals surface area contributed by atoms with Crippen molar-refractivity contribution < 1.29 is 9.84 Å². The van der Waals surface area contributed by atoms with Crippen LogP contribution in [-0.4, -0.2) is 18.3 Å². The molecular weight excluding hydrogens is 232 g/mol. The number of fused-ring (bicyclic) bond motifs is 1. The van der Waals surface area contributed by atoms with E-state index >= 15 is 0 Å². The normalized spacial score (nSPS) is 14.0. The molecule has 0 bridgehead atoms. The van der Waals surface area contributed by atoms with Crippen molar-refractivity contribution in [3.05, 3.63) is 27.7 Å². The second-order valence-corrected chi connectivity index (χ2v) is 3.99. The average molecular weight is 243 g/mol. The molecule has 0 unspecified atom stereocenters. The molecule has 3 heteroatoms. The zero-order valence-corrected chi connectivity index (χ0v) is 8.80. The Morgan fingerprint density at radius 2 is 2.31 bits per heavy atom. The molecule has 0 saturated heterocycles. The number of aliphatic hydroxyl groups is 1. The maximum atomic E-state index is 8.81. The summed E-state index contributed by atoms with van der Waals surface area (Å²) in [5, 5.41) is 8.81. The minimum Gasteiger partial charge on any atom is -0.492 e. The molecule has 1 N–H and O–H groups in total. The molecule has 70 valence electrons. The monoisotopic (exact) mass is 242 g/mol. The number of aliphatic hydroxyl groups excluding tert-OH is 1. The highest BCUT2D eigenvalue weighted by Gasteiger charge is 2.15. The van der Waals surface area contributed by atoms with Crippen LogP contribution in [0.4, 0.5) is 0 Å². The highest BCUT2D eigenvalue weighted by molar-refractivity contribution is 9.10. The molecule has 1 aliphatic heterocycles. The van der Waals surface area contributed by atoms with Crippen LogP contribution >= 0.6 is 15.9 Å². The van der Waals surface area contributed by atoms with Gasteiger partial charge in [0.25, 0.3) is 0 Å². The summed E-state index contributed by atoms with van der Waals surface area (Å²) in [4.78, 5) is 0. The third kappa shape index (κ3) is 1.71. The third-order valence-corrected chi connectivity index (χ3v) is 2.79. The van der Waals surface area contributed by atoms with Crippen LogP contribution in [-0.2, 0) is 12.8 Å². The molecule has 2 rings (SSSR count). The molecule has 1 heterocycles. The van der Waals surface area contributed by atoms with Crippen molar-refractivity contribution in [2.45, 2.75) is 12.8 Å². The highest BCUT2D eigenvalue weighted by Crippen LogP contribution is 2.34. The summed E-state index contributed by atoms with van der Waals surface area (Å²) >= 11 is 3.46. The molecule has 1 aromatic carbocycles. The second-order valence-electron chi connectivity index (χ2n) is 3.14. The van der Waals surface area contributed by atoms with Crippen LogP contribution in [0, 0.1) is 0 Å². The Balaban J connectivity index is 2.37.